The van der Waals surface area contributed by atoms with Gasteiger partial charge in [-0.25, -0.2) is 4.79 Å². The van der Waals surface area contributed by atoms with Gasteiger partial charge in [0.25, 0.3) is 0 Å². The quantitative estimate of drug-likeness (QED) is 0.531. The van der Waals surface area contributed by atoms with Gasteiger partial charge in [0.2, 0.25) is 0 Å². The van der Waals surface area contributed by atoms with E-state index in [4.69, 9.17) is 4.74 Å². The maximum atomic E-state index is 13.4. The SMILES string of the molecule is C=C1C(=O)O[C@@H]2[C@H]1CC[C@H](C)[C@]1(O)C(N(CCCC)CCCC)CC(=O)[C@@]21C. The van der Waals surface area contributed by atoms with E-state index in [1.807, 2.05) is 6.92 Å². The standard InChI is InChI=1S/C23H37NO4/c1-6-8-12-24(13-9-7-2)18-14-19(25)22(5)20-17(16(4)21(26)28-20)11-10-15(3)23(18,22)27/h15,17-18,20,27H,4,6-14H2,1-3,5H3/t15-,17-,18?,20+,22-,23-/m0/s1. The highest BCUT2D eigenvalue weighted by atomic mass is 16.6. The van der Waals surface area contributed by atoms with E-state index in [1.165, 1.54) is 0 Å². The summed E-state index contributed by atoms with van der Waals surface area (Å²) >= 11 is 0. The lowest BCUT2D eigenvalue weighted by Crippen LogP contribution is -2.63. The molecule has 3 aliphatic rings. The Labute approximate surface area is 169 Å². The number of carbonyl (C=O) groups is 2. The number of esters is 1. The first-order valence-electron chi connectivity index (χ1n) is 11.1. The lowest BCUT2D eigenvalue weighted by atomic mass is 9.64. The van der Waals surface area contributed by atoms with Crippen LogP contribution in [0, 0.1) is 17.3 Å². The van der Waals surface area contributed by atoms with E-state index in [0.717, 1.165) is 51.6 Å². The summed E-state index contributed by atoms with van der Waals surface area (Å²) in [6.45, 7) is 14.0. The maximum absolute atomic E-state index is 13.4. The summed E-state index contributed by atoms with van der Waals surface area (Å²) in [5.41, 5.74) is -1.81. The van der Waals surface area contributed by atoms with Gasteiger partial charge in [-0.05, 0) is 51.6 Å². The number of hydrogen-bond acceptors (Lipinski definition) is 5. The highest BCUT2D eigenvalue weighted by molar-refractivity contribution is 5.95. The molecule has 0 amide bonds. The summed E-state index contributed by atoms with van der Waals surface area (Å²) in [4.78, 5) is 28.0. The van der Waals surface area contributed by atoms with Gasteiger partial charge in [-0.15, -0.1) is 0 Å². The second-order valence-electron chi connectivity index (χ2n) is 9.35. The van der Waals surface area contributed by atoms with Crippen molar-refractivity contribution in [3.05, 3.63) is 12.2 Å². The number of Topliss-reactive ketones (excluding diaryl/α,β-unsaturated/α-hetero) is 1. The molecule has 0 radical (unpaired) electrons. The molecule has 1 aliphatic heterocycles. The molecular weight excluding hydrogens is 354 g/mol. The second-order valence-corrected chi connectivity index (χ2v) is 9.35. The zero-order valence-corrected chi connectivity index (χ0v) is 18.0. The predicted octanol–water partition coefficient (Wildman–Crippen LogP) is 3.50. The lowest BCUT2D eigenvalue weighted by molar-refractivity contribution is -0.182. The molecule has 28 heavy (non-hydrogen) atoms. The number of ether oxygens (including phenoxy) is 1. The Morgan fingerprint density at radius 3 is 2.36 bits per heavy atom. The molecule has 3 rings (SSSR count). The minimum atomic E-state index is -1.20. The minimum Gasteiger partial charge on any atom is -0.457 e. The molecule has 1 saturated heterocycles. The number of carbonyl (C=O) groups excluding carboxylic acids is 2. The molecule has 2 aliphatic carbocycles. The summed E-state index contributed by atoms with van der Waals surface area (Å²) in [5.74, 6) is -0.587. The van der Waals surface area contributed by atoms with Gasteiger partial charge in [0, 0.05) is 24.0 Å². The van der Waals surface area contributed by atoms with Crippen LogP contribution < -0.4 is 0 Å². The smallest absolute Gasteiger partial charge is 0.334 e. The molecule has 0 bridgehead atoms. The van der Waals surface area contributed by atoms with Crippen molar-refractivity contribution < 1.29 is 19.4 Å². The van der Waals surface area contributed by atoms with Gasteiger partial charge in [-0.3, -0.25) is 9.69 Å². The molecule has 1 heterocycles. The molecule has 0 aromatic heterocycles. The molecule has 2 saturated carbocycles. The number of unbranched alkanes of at least 4 members (excludes halogenated alkanes) is 2. The first-order valence-corrected chi connectivity index (χ1v) is 11.1. The van der Waals surface area contributed by atoms with Gasteiger partial charge in [0.15, 0.2) is 0 Å². The summed E-state index contributed by atoms with van der Waals surface area (Å²) < 4.78 is 5.71. The van der Waals surface area contributed by atoms with Gasteiger partial charge >= 0.3 is 5.97 Å². The Hall–Kier alpha value is -1.20. The van der Waals surface area contributed by atoms with E-state index in [1.54, 1.807) is 0 Å². The van der Waals surface area contributed by atoms with Crippen molar-refractivity contribution >= 4 is 11.8 Å². The fraction of sp³-hybridized carbons (Fsp3) is 0.826. The second kappa shape index (κ2) is 7.91. The summed E-state index contributed by atoms with van der Waals surface area (Å²) in [7, 11) is 0. The van der Waals surface area contributed by atoms with Crippen LogP contribution >= 0.6 is 0 Å². The molecule has 1 N–H and O–H groups in total. The maximum Gasteiger partial charge on any atom is 0.334 e. The summed E-state index contributed by atoms with van der Waals surface area (Å²) in [5, 5.41) is 12.3. The predicted molar refractivity (Wildman–Crippen MR) is 109 cm³/mol. The van der Waals surface area contributed by atoms with Gasteiger partial charge in [0.1, 0.15) is 11.9 Å². The van der Waals surface area contributed by atoms with E-state index < -0.39 is 23.1 Å². The van der Waals surface area contributed by atoms with E-state index >= 15 is 0 Å². The number of aliphatic hydroxyl groups is 1. The van der Waals surface area contributed by atoms with Crippen LogP contribution in [0.5, 0.6) is 0 Å². The van der Waals surface area contributed by atoms with E-state index in [0.29, 0.717) is 12.0 Å². The molecule has 5 nitrogen and oxygen atoms in total. The Morgan fingerprint density at radius 2 is 1.79 bits per heavy atom. The molecular formula is C23H37NO4. The minimum absolute atomic E-state index is 0.0317. The third-order valence-corrected chi connectivity index (χ3v) is 7.88. The summed E-state index contributed by atoms with van der Waals surface area (Å²) in [6.07, 6.45) is 5.49. The average Bonchev–Trinajstić information content (AvgIpc) is 3.04. The number of ketones is 1. The molecule has 1 unspecified atom stereocenters. The molecule has 3 fully saturated rings. The van der Waals surface area contributed by atoms with Crippen molar-refractivity contribution in [2.24, 2.45) is 17.3 Å². The van der Waals surface area contributed by atoms with Gasteiger partial charge in [-0.1, -0.05) is 40.2 Å². The van der Waals surface area contributed by atoms with Crippen molar-refractivity contribution in [3.63, 3.8) is 0 Å². The highest BCUT2D eigenvalue weighted by Gasteiger charge is 2.72. The van der Waals surface area contributed by atoms with Crippen LogP contribution in [-0.4, -0.2) is 52.6 Å². The van der Waals surface area contributed by atoms with Crippen LogP contribution in [0.1, 0.15) is 72.6 Å². The van der Waals surface area contributed by atoms with Crippen LogP contribution in [0.15, 0.2) is 12.2 Å². The molecule has 0 aromatic carbocycles. The zero-order chi connectivity index (χ0) is 20.7. The lowest BCUT2D eigenvalue weighted by Gasteiger charge is -2.49. The number of nitrogens with zero attached hydrogens (tertiary/aromatic N) is 1. The van der Waals surface area contributed by atoms with Crippen LogP contribution in [0.25, 0.3) is 0 Å². The zero-order valence-electron chi connectivity index (χ0n) is 18.0. The summed E-state index contributed by atoms with van der Waals surface area (Å²) in [6, 6.07) is -0.218. The van der Waals surface area contributed by atoms with Crippen molar-refractivity contribution in [1.82, 2.24) is 4.90 Å². The topological polar surface area (TPSA) is 66.8 Å². The molecule has 5 heteroatoms. The first kappa shape index (κ1) is 21.5. The fourth-order valence-electron chi connectivity index (χ4n) is 6.00. The van der Waals surface area contributed by atoms with Crippen LogP contribution in [0.2, 0.25) is 0 Å². The first-order chi connectivity index (χ1) is 13.2. The van der Waals surface area contributed by atoms with Gasteiger partial charge in [-0.2, -0.15) is 0 Å². The molecule has 158 valence electrons. The number of rotatable bonds is 7. The van der Waals surface area contributed by atoms with Gasteiger partial charge < -0.3 is 9.84 Å². The van der Waals surface area contributed by atoms with Crippen molar-refractivity contribution in [2.45, 2.75) is 90.4 Å². The average molecular weight is 392 g/mol. The normalized spacial score (nSPS) is 40.4. The Bertz CT molecular complexity index is 639. The van der Waals surface area contributed by atoms with Gasteiger partial charge in [0.05, 0.1) is 11.0 Å². The fourth-order valence-corrected chi connectivity index (χ4v) is 6.00. The molecule has 0 spiro atoms. The van der Waals surface area contributed by atoms with Crippen LogP contribution in [0.3, 0.4) is 0 Å². The number of fused-ring (bicyclic) bond motifs is 3. The Balaban J connectivity index is 2.03. The highest BCUT2D eigenvalue weighted by Crippen LogP contribution is 2.59. The van der Waals surface area contributed by atoms with Crippen LogP contribution in [-0.2, 0) is 14.3 Å². The Morgan fingerprint density at radius 1 is 1.18 bits per heavy atom. The van der Waals surface area contributed by atoms with Crippen molar-refractivity contribution in [3.8, 4) is 0 Å². The van der Waals surface area contributed by atoms with E-state index in [9.17, 15) is 14.7 Å². The third kappa shape index (κ3) is 2.97. The van der Waals surface area contributed by atoms with Crippen molar-refractivity contribution in [1.29, 1.82) is 0 Å². The largest absolute Gasteiger partial charge is 0.457 e. The number of hydrogen-bond donors (Lipinski definition) is 1. The third-order valence-electron chi connectivity index (χ3n) is 7.88. The monoisotopic (exact) mass is 391 g/mol. The van der Waals surface area contributed by atoms with E-state index in [2.05, 4.69) is 32.3 Å². The van der Waals surface area contributed by atoms with E-state index in [-0.39, 0.29) is 23.7 Å². The van der Waals surface area contributed by atoms with Crippen LogP contribution in [0.4, 0.5) is 0 Å². The van der Waals surface area contributed by atoms with Crippen molar-refractivity contribution in [2.75, 3.05) is 13.1 Å². The Kier molecular flexibility index (Phi) is 6.07. The molecule has 6 atom stereocenters. The molecule has 0 aromatic rings.